The average molecular weight is 243 g/mol. The van der Waals surface area contributed by atoms with E-state index in [2.05, 4.69) is 10.6 Å². The lowest BCUT2D eigenvalue weighted by Crippen LogP contribution is -2.49. The first-order chi connectivity index (χ1) is 7.66. The van der Waals surface area contributed by atoms with Gasteiger partial charge in [0, 0.05) is 30.7 Å². The Morgan fingerprint density at radius 3 is 2.94 bits per heavy atom. The maximum absolute atomic E-state index is 13.4. The Bertz CT molecular complexity index is 376. The van der Waals surface area contributed by atoms with Gasteiger partial charge in [0.1, 0.15) is 5.82 Å². The molecule has 1 aliphatic heterocycles. The van der Waals surface area contributed by atoms with Crippen molar-refractivity contribution in [2.75, 3.05) is 19.6 Å². The van der Waals surface area contributed by atoms with Crippen molar-refractivity contribution in [3.05, 3.63) is 34.1 Å². The van der Waals surface area contributed by atoms with E-state index < -0.39 is 0 Å². The quantitative estimate of drug-likeness (QED) is 0.828. The number of halogens is 2. The molecule has 0 amide bonds. The topological polar surface area (TPSA) is 24.1 Å². The smallest absolute Gasteiger partial charge is 0.126 e. The van der Waals surface area contributed by atoms with Gasteiger partial charge in [0.05, 0.1) is 0 Å². The molecule has 88 valence electrons. The van der Waals surface area contributed by atoms with Crippen LogP contribution in [0.3, 0.4) is 0 Å². The van der Waals surface area contributed by atoms with Gasteiger partial charge in [-0.1, -0.05) is 11.6 Å². The van der Waals surface area contributed by atoms with E-state index >= 15 is 0 Å². The van der Waals surface area contributed by atoms with E-state index in [0.717, 1.165) is 31.6 Å². The van der Waals surface area contributed by atoms with Crippen LogP contribution in [0.4, 0.5) is 4.39 Å². The van der Waals surface area contributed by atoms with Crippen molar-refractivity contribution < 1.29 is 4.39 Å². The van der Waals surface area contributed by atoms with Gasteiger partial charge >= 0.3 is 0 Å². The first-order valence-corrected chi connectivity index (χ1v) is 5.93. The monoisotopic (exact) mass is 242 g/mol. The molecule has 0 radical (unpaired) electrons. The molecule has 1 aliphatic rings. The van der Waals surface area contributed by atoms with Gasteiger partial charge in [0.15, 0.2) is 0 Å². The summed E-state index contributed by atoms with van der Waals surface area (Å²) >= 11 is 6.11. The molecular weight excluding hydrogens is 227 g/mol. The van der Waals surface area contributed by atoms with Gasteiger partial charge in [0.2, 0.25) is 0 Å². The Kier molecular flexibility index (Phi) is 3.79. The van der Waals surface area contributed by atoms with Crippen molar-refractivity contribution in [2.24, 2.45) is 0 Å². The van der Waals surface area contributed by atoms with Crippen LogP contribution in [0.1, 0.15) is 11.1 Å². The minimum absolute atomic E-state index is 0.178. The Balaban J connectivity index is 2.11. The van der Waals surface area contributed by atoms with Crippen LogP contribution < -0.4 is 10.6 Å². The van der Waals surface area contributed by atoms with Crippen molar-refractivity contribution in [2.45, 2.75) is 19.4 Å². The highest BCUT2D eigenvalue weighted by Crippen LogP contribution is 2.21. The molecule has 1 unspecified atom stereocenters. The van der Waals surface area contributed by atoms with Crippen molar-refractivity contribution >= 4 is 11.6 Å². The molecule has 1 atom stereocenters. The molecule has 2 nitrogen and oxygen atoms in total. The minimum Gasteiger partial charge on any atom is -0.314 e. The predicted molar refractivity (Wildman–Crippen MR) is 64.5 cm³/mol. The van der Waals surface area contributed by atoms with Crippen LogP contribution in [0.5, 0.6) is 0 Å². The summed E-state index contributed by atoms with van der Waals surface area (Å²) in [5.74, 6) is -0.178. The van der Waals surface area contributed by atoms with E-state index in [0.29, 0.717) is 16.6 Å². The van der Waals surface area contributed by atoms with Crippen molar-refractivity contribution in [1.82, 2.24) is 10.6 Å². The summed E-state index contributed by atoms with van der Waals surface area (Å²) < 4.78 is 13.4. The lowest BCUT2D eigenvalue weighted by molar-refractivity contribution is 0.416. The van der Waals surface area contributed by atoms with Crippen molar-refractivity contribution in [1.29, 1.82) is 0 Å². The molecular formula is C12H16ClFN2. The first kappa shape index (κ1) is 11.8. The maximum Gasteiger partial charge on any atom is 0.126 e. The number of rotatable bonds is 2. The largest absolute Gasteiger partial charge is 0.314 e. The molecule has 1 aromatic carbocycles. The van der Waals surface area contributed by atoms with Crippen LogP contribution in [-0.2, 0) is 6.42 Å². The van der Waals surface area contributed by atoms with E-state index in [9.17, 15) is 4.39 Å². The number of hydrogen-bond acceptors (Lipinski definition) is 2. The van der Waals surface area contributed by atoms with Crippen LogP contribution in [0.15, 0.2) is 12.1 Å². The summed E-state index contributed by atoms with van der Waals surface area (Å²) in [6.45, 7) is 4.58. The number of hydrogen-bond donors (Lipinski definition) is 2. The van der Waals surface area contributed by atoms with E-state index in [1.54, 1.807) is 19.1 Å². The van der Waals surface area contributed by atoms with Gasteiger partial charge in [-0.3, -0.25) is 0 Å². The average Bonchev–Trinajstić information content (AvgIpc) is 2.27. The Hall–Kier alpha value is -0.640. The van der Waals surface area contributed by atoms with Gasteiger partial charge in [-0.15, -0.1) is 0 Å². The highest BCUT2D eigenvalue weighted by Gasteiger charge is 2.15. The van der Waals surface area contributed by atoms with Gasteiger partial charge in [-0.05, 0) is 36.6 Å². The number of aryl methyl sites for hydroxylation is 1. The van der Waals surface area contributed by atoms with E-state index in [-0.39, 0.29) is 5.82 Å². The Morgan fingerprint density at radius 1 is 1.44 bits per heavy atom. The summed E-state index contributed by atoms with van der Waals surface area (Å²) in [6, 6.07) is 3.59. The molecule has 0 spiro atoms. The summed E-state index contributed by atoms with van der Waals surface area (Å²) in [5.41, 5.74) is 1.48. The van der Waals surface area contributed by atoms with Gasteiger partial charge in [-0.2, -0.15) is 0 Å². The molecule has 4 heteroatoms. The van der Waals surface area contributed by atoms with Crippen LogP contribution in [-0.4, -0.2) is 25.7 Å². The molecule has 0 aliphatic carbocycles. The second-order valence-electron chi connectivity index (χ2n) is 4.25. The molecule has 0 aromatic heterocycles. The molecule has 1 fully saturated rings. The summed E-state index contributed by atoms with van der Waals surface area (Å²) in [4.78, 5) is 0. The second-order valence-corrected chi connectivity index (χ2v) is 4.66. The maximum atomic E-state index is 13.4. The van der Waals surface area contributed by atoms with Crippen LogP contribution in [0, 0.1) is 12.7 Å². The number of piperazine rings is 1. The highest BCUT2D eigenvalue weighted by atomic mass is 35.5. The van der Waals surface area contributed by atoms with E-state index in [1.165, 1.54) is 0 Å². The van der Waals surface area contributed by atoms with Crippen LogP contribution in [0.25, 0.3) is 0 Å². The molecule has 1 saturated heterocycles. The van der Waals surface area contributed by atoms with Gasteiger partial charge in [-0.25, -0.2) is 4.39 Å². The third-order valence-electron chi connectivity index (χ3n) is 2.92. The third-order valence-corrected chi connectivity index (χ3v) is 3.27. The predicted octanol–water partition coefficient (Wildman–Crippen LogP) is 1.89. The highest BCUT2D eigenvalue weighted by molar-refractivity contribution is 6.31. The summed E-state index contributed by atoms with van der Waals surface area (Å²) in [6.07, 6.45) is 0.767. The van der Waals surface area contributed by atoms with Gasteiger partial charge in [0.25, 0.3) is 0 Å². The van der Waals surface area contributed by atoms with E-state index in [1.807, 2.05) is 0 Å². The zero-order valence-corrected chi connectivity index (χ0v) is 10.1. The summed E-state index contributed by atoms with van der Waals surface area (Å²) in [7, 11) is 0. The third kappa shape index (κ3) is 2.73. The van der Waals surface area contributed by atoms with Crippen LogP contribution in [0.2, 0.25) is 5.02 Å². The van der Waals surface area contributed by atoms with Crippen LogP contribution >= 0.6 is 11.6 Å². The van der Waals surface area contributed by atoms with E-state index in [4.69, 9.17) is 11.6 Å². The fraction of sp³-hybridized carbons (Fsp3) is 0.500. The number of benzene rings is 1. The fourth-order valence-corrected chi connectivity index (χ4v) is 2.26. The molecule has 0 bridgehead atoms. The SMILES string of the molecule is Cc1cc(Cl)c(CC2CNCCN2)cc1F. The molecule has 16 heavy (non-hydrogen) atoms. The normalized spacial score (nSPS) is 21.1. The lowest BCUT2D eigenvalue weighted by Gasteiger charge is -2.25. The Labute approximate surface area is 100 Å². The summed E-state index contributed by atoms with van der Waals surface area (Å²) in [5, 5.41) is 7.35. The van der Waals surface area contributed by atoms with Crippen molar-refractivity contribution in [3.8, 4) is 0 Å². The molecule has 1 heterocycles. The zero-order chi connectivity index (χ0) is 11.5. The molecule has 2 rings (SSSR count). The standard InChI is InChI=1S/C12H16ClFN2/c1-8-4-11(13)9(6-12(8)14)5-10-7-15-2-3-16-10/h4,6,10,15-16H,2-3,5,7H2,1H3. The lowest BCUT2D eigenvalue weighted by atomic mass is 10.0. The minimum atomic E-state index is -0.178. The second kappa shape index (κ2) is 5.13. The Morgan fingerprint density at radius 2 is 2.25 bits per heavy atom. The molecule has 1 aromatic rings. The molecule has 2 N–H and O–H groups in total. The first-order valence-electron chi connectivity index (χ1n) is 5.55. The zero-order valence-electron chi connectivity index (χ0n) is 9.32. The fourth-order valence-electron chi connectivity index (χ4n) is 1.97. The number of nitrogens with one attached hydrogen (secondary N) is 2. The molecule has 0 saturated carbocycles. The van der Waals surface area contributed by atoms with Gasteiger partial charge < -0.3 is 10.6 Å². The van der Waals surface area contributed by atoms with Crippen molar-refractivity contribution in [3.63, 3.8) is 0 Å².